The van der Waals surface area contributed by atoms with Crippen LogP contribution >= 0.6 is 0 Å². The van der Waals surface area contributed by atoms with E-state index in [-0.39, 0.29) is 0 Å². The van der Waals surface area contributed by atoms with Crippen molar-refractivity contribution in [2.45, 2.75) is 81.1 Å². The van der Waals surface area contributed by atoms with Crippen molar-refractivity contribution in [3.8, 4) is 0 Å². The van der Waals surface area contributed by atoms with Crippen LogP contribution in [0.3, 0.4) is 0 Å². The molecule has 2 unspecified atom stereocenters. The maximum atomic E-state index is 2.37. The molecule has 0 fully saturated rings. The first-order valence-corrected chi connectivity index (χ1v) is 8.28. The van der Waals surface area contributed by atoms with Gasteiger partial charge in [-0.2, -0.15) is 0 Å². The SMILES string of the molecule is CC.CC.CC.Cc1ccc2c(c1)CCC(C)C2C. The van der Waals surface area contributed by atoms with Crippen molar-refractivity contribution in [1.29, 1.82) is 0 Å². The van der Waals surface area contributed by atoms with Crippen molar-refractivity contribution in [1.82, 2.24) is 0 Å². The molecule has 0 heteroatoms. The normalized spacial score (nSPS) is 19.4. The highest BCUT2D eigenvalue weighted by atomic mass is 14.3. The number of hydrogen-bond donors (Lipinski definition) is 0. The smallest absolute Gasteiger partial charge is 0.0162 e. The van der Waals surface area contributed by atoms with Gasteiger partial charge in [0.15, 0.2) is 0 Å². The van der Waals surface area contributed by atoms with Crippen molar-refractivity contribution in [2.24, 2.45) is 5.92 Å². The highest BCUT2D eigenvalue weighted by molar-refractivity contribution is 5.36. The molecule has 0 nitrogen and oxygen atoms in total. The summed E-state index contributed by atoms with van der Waals surface area (Å²) in [6, 6.07) is 6.93. The molecule has 0 N–H and O–H groups in total. The largest absolute Gasteiger partial charge is 0.0683 e. The lowest BCUT2D eigenvalue weighted by molar-refractivity contribution is 0.426. The molecule has 1 aromatic rings. The molecule has 0 saturated carbocycles. The summed E-state index contributed by atoms with van der Waals surface area (Å²) in [6.07, 6.45) is 2.64. The molecule has 112 valence electrons. The maximum absolute atomic E-state index is 2.37. The topological polar surface area (TPSA) is 0 Å². The summed E-state index contributed by atoms with van der Waals surface area (Å²) in [6.45, 7) is 18.9. The van der Waals surface area contributed by atoms with Gasteiger partial charge in [-0.3, -0.25) is 0 Å². The van der Waals surface area contributed by atoms with Crippen LogP contribution in [0.15, 0.2) is 18.2 Å². The molecular formula is C19H36. The van der Waals surface area contributed by atoms with E-state index in [0.29, 0.717) is 0 Å². The van der Waals surface area contributed by atoms with Crippen LogP contribution in [-0.4, -0.2) is 0 Å². The molecule has 2 atom stereocenters. The van der Waals surface area contributed by atoms with E-state index < -0.39 is 0 Å². The quantitative estimate of drug-likeness (QED) is 0.485. The molecule has 0 saturated heterocycles. The van der Waals surface area contributed by atoms with E-state index in [4.69, 9.17) is 0 Å². The Bertz CT molecular complexity index is 312. The standard InChI is InChI=1S/C13H18.3C2H6/c1-9-4-7-13-11(3)10(2)5-6-12(13)8-9;3*1-2/h4,7-8,10-11H,5-6H2,1-3H3;3*1-2H3. The zero-order valence-corrected chi connectivity index (χ0v) is 14.8. The van der Waals surface area contributed by atoms with E-state index >= 15 is 0 Å². The minimum absolute atomic E-state index is 0.754. The molecule has 0 bridgehead atoms. The molecule has 0 amide bonds. The number of fused-ring (bicyclic) bond motifs is 1. The highest BCUT2D eigenvalue weighted by Crippen LogP contribution is 2.35. The van der Waals surface area contributed by atoms with Crippen molar-refractivity contribution in [3.05, 3.63) is 34.9 Å². The second kappa shape index (κ2) is 12.3. The van der Waals surface area contributed by atoms with E-state index in [9.17, 15) is 0 Å². The molecule has 2 rings (SSSR count). The van der Waals surface area contributed by atoms with Gasteiger partial charge in [-0.1, -0.05) is 79.2 Å². The predicted octanol–water partition coefficient (Wildman–Crippen LogP) is 6.76. The first-order valence-electron chi connectivity index (χ1n) is 8.28. The van der Waals surface area contributed by atoms with Crippen LogP contribution in [-0.2, 0) is 6.42 Å². The summed E-state index contributed by atoms with van der Waals surface area (Å²) >= 11 is 0. The Labute approximate surface area is 122 Å². The molecule has 0 spiro atoms. The third kappa shape index (κ3) is 6.27. The summed E-state index contributed by atoms with van der Waals surface area (Å²) < 4.78 is 0. The van der Waals surface area contributed by atoms with Gasteiger partial charge in [-0.25, -0.2) is 0 Å². The number of hydrogen-bond acceptors (Lipinski definition) is 0. The molecule has 0 aliphatic heterocycles. The van der Waals surface area contributed by atoms with E-state index in [1.807, 2.05) is 41.5 Å². The summed E-state index contributed by atoms with van der Waals surface area (Å²) in [5, 5.41) is 0. The zero-order valence-electron chi connectivity index (χ0n) is 14.8. The molecule has 1 aromatic carbocycles. The average Bonchev–Trinajstić information content (AvgIpc) is 2.49. The van der Waals surface area contributed by atoms with Crippen LogP contribution in [0.1, 0.15) is 84.4 Å². The second-order valence-electron chi connectivity index (χ2n) is 4.51. The number of aryl methyl sites for hydroxylation is 2. The Morgan fingerprint density at radius 3 is 1.95 bits per heavy atom. The van der Waals surface area contributed by atoms with Crippen LogP contribution in [0, 0.1) is 12.8 Å². The minimum Gasteiger partial charge on any atom is -0.0683 e. The molecule has 0 radical (unpaired) electrons. The van der Waals surface area contributed by atoms with Crippen molar-refractivity contribution in [2.75, 3.05) is 0 Å². The fourth-order valence-electron chi connectivity index (χ4n) is 2.33. The molecule has 0 heterocycles. The van der Waals surface area contributed by atoms with Crippen LogP contribution in [0.25, 0.3) is 0 Å². The lowest BCUT2D eigenvalue weighted by Crippen LogP contribution is -2.15. The van der Waals surface area contributed by atoms with E-state index in [0.717, 1.165) is 11.8 Å². The minimum atomic E-state index is 0.754. The Kier molecular flexibility index (Phi) is 13.3. The summed E-state index contributed by atoms with van der Waals surface area (Å²) in [7, 11) is 0. The van der Waals surface area contributed by atoms with Gasteiger partial charge >= 0.3 is 0 Å². The summed E-state index contributed by atoms with van der Waals surface area (Å²) in [5.41, 5.74) is 4.58. The summed E-state index contributed by atoms with van der Waals surface area (Å²) in [5.74, 6) is 1.61. The zero-order chi connectivity index (χ0) is 15.4. The number of benzene rings is 1. The third-order valence-corrected chi connectivity index (χ3v) is 3.51. The molecule has 0 aromatic heterocycles. The van der Waals surface area contributed by atoms with Gasteiger partial charge in [-0.15, -0.1) is 0 Å². The first-order chi connectivity index (χ1) is 9.18. The molecule has 19 heavy (non-hydrogen) atoms. The van der Waals surface area contributed by atoms with E-state index in [1.54, 1.807) is 11.1 Å². The van der Waals surface area contributed by atoms with Gasteiger partial charge in [0.25, 0.3) is 0 Å². The second-order valence-corrected chi connectivity index (χ2v) is 4.51. The van der Waals surface area contributed by atoms with Crippen LogP contribution in [0.4, 0.5) is 0 Å². The van der Waals surface area contributed by atoms with Gasteiger partial charge in [-0.05, 0) is 42.7 Å². The maximum Gasteiger partial charge on any atom is -0.0162 e. The monoisotopic (exact) mass is 264 g/mol. The Morgan fingerprint density at radius 2 is 1.42 bits per heavy atom. The van der Waals surface area contributed by atoms with Gasteiger partial charge in [0.2, 0.25) is 0 Å². The van der Waals surface area contributed by atoms with E-state index in [2.05, 4.69) is 39.0 Å². The fraction of sp³-hybridized carbons (Fsp3) is 0.684. The van der Waals surface area contributed by atoms with Crippen LogP contribution < -0.4 is 0 Å². The lowest BCUT2D eigenvalue weighted by atomic mass is 9.77. The average molecular weight is 264 g/mol. The summed E-state index contributed by atoms with van der Waals surface area (Å²) in [4.78, 5) is 0. The molecule has 1 aliphatic rings. The van der Waals surface area contributed by atoms with Crippen molar-refractivity contribution >= 4 is 0 Å². The highest BCUT2D eigenvalue weighted by Gasteiger charge is 2.22. The Morgan fingerprint density at radius 1 is 0.895 bits per heavy atom. The van der Waals surface area contributed by atoms with Gasteiger partial charge in [0, 0.05) is 0 Å². The Balaban J connectivity index is 0. The van der Waals surface area contributed by atoms with Crippen molar-refractivity contribution < 1.29 is 0 Å². The van der Waals surface area contributed by atoms with Gasteiger partial charge < -0.3 is 0 Å². The first kappa shape index (κ1) is 20.5. The van der Waals surface area contributed by atoms with Crippen LogP contribution in [0.2, 0.25) is 0 Å². The third-order valence-electron chi connectivity index (χ3n) is 3.51. The number of rotatable bonds is 0. The van der Waals surface area contributed by atoms with Gasteiger partial charge in [0.05, 0.1) is 0 Å². The lowest BCUT2D eigenvalue weighted by Gasteiger charge is -2.28. The van der Waals surface area contributed by atoms with Crippen LogP contribution in [0.5, 0.6) is 0 Å². The van der Waals surface area contributed by atoms with Gasteiger partial charge in [0.1, 0.15) is 0 Å². The van der Waals surface area contributed by atoms with Crippen molar-refractivity contribution in [3.63, 3.8) is 0 Å². The predicted molar refractivity (Wildman–Crippen MR) is 91.1 cm³/mol. The van der Waals surface area contributed by atoms with E-state index in [1.165, 1.54) is 18.4 Å². The fourth-order valence-corrected chi connectivity index (χ4v) is 2.33. The Hall–Kier alpha value is -0.780. The molecule has 1 aliphatic carbocycles. The molecular weight excluding hydrogens is 228 g/mol.